The molecule has 2 aromatic heterocycles. The molecule has 0 saturated carbocycles. The summed E-state index contributed by atoms with van der Waals surface area (Å²) in [6.45, 7) is 1.94. The smallest absolute Gasteiger partial charge is 0.323 e. The van der Waals surface area contributed by atoms with E-state index in [4.69, 9.17) is 16.3 Å². The van der Waals surface area contributed by atoms with Crippen LogP contribution in [-0.2, 0) is 0 Å². The minimum absolute atomic E-state index is 0.0276. The Morgan fingerprint density at radius 2 is 1.85 bits per heavy atom. The van der Waals surface area contributed by atoms with Gasteiger partial charge in [0.25, 0.3) is 11.5 Å². The fourth-order valence-electron chi connectivity index (χ4n) is 3.95. The van der Waals surface area contributed by atoms with Gasteiger partial charge in [0.1, 0.15) is 17.4 Å². The van der Waals surface area contributed by atoms with Gasteiger partial charge in [0.2, 0.25) is 0 Å². The highest BCUT2D eigenvalue weighted by molar-refractivity contribution is 6.30. The number of benzene rings is 2. The van der Waals surface area contributed by atoms with Gasteiger partial charge in [0.15, 0.2) is 17.3 Å². The number of anilines is 2. The molecule has 0 bridgehead atoms. The van der Waals surface area contributed by atoms with Crippen LogP contribution in [0.3, 0.4) is 0 Å². The maximum absolute atomic E-state index is 14.9. The van der Waals surface area contributed by atoms with Crippen molar-refractivity contribution in [2.75, 3.05) is 23.7 Å². The van der Waals surface area contributed by atoms with E-state index >= 15 is 0 Å². The van der Waals surface area contributed by atoms with Crippen LogP contribution in [0, 0.1) is 18.6 Å². The fraction of sp³-hybridized carbons (Fsp3) is 0.148. The number of ether oxygens (including phenoxy) is 1. The van der Waals surface area contributed by atoms with Gasteiger partial charge < -0.3 is 20.1 Å². The largest absolute Gasteiger partial charge is 0.454 e. The van der Waals surface area contributed by atoms with Gasteiger partial charge in [-0.1, -0.05) is 11.6 Å². The number of amides is 3. The molecule has 3 heterocycles. The summed E-state index contributed by atoms with van der Waals surface area (Å²) in [6.07, 6.45) is 0.823. The highest BCUT2D eigenvalue weighted by Crippen LogP contribution is 2.28. The zero-order chi connectivity index (χ0) is 29.3. The molecule has 4 aromatic rings. The predicted molar refractivity (Wildman–Crippen MR) is 145 cm³/mol. The van der Waals surface area contributed by atoms with Crippen molar-refractivity contribution in [2.45, 2.75) is 13.0 Å². The monoisotopic (exact) mass is 582 g/mol. The summed E-state index contributed by atoms with van der Waals surface area (Å²) in [5.74, 6) is -2.04. The number of aryl methyl sites for hydroxylation is 1. The summed E-state index contributed by atoms with van der Waals surface area (Å²) < 4.78 is 35.1. The maximum Gasteiger partial charge on any atom is 0.323 e. The molecular weight excluding hydrogens is 562 g/mol. The second-order valence-electron chi connectivity index (χ2n) is 9.12. The minimum atomic E-state index is -0.802. The molecule has 3 amide bonds. The van der Waals surface area contributed by atoms with E-state index in [1.807, 2.05) is 0 Å². The van der Waals surface area contributed by atoms with Crippen molar-refractivity contribution in [3.63, 3.8) is 0 Å². The number of halogens is 3. The first-order valence-electron chi connectivity index (χ1n) is 12.1. The first kappa shape index (κ1) is 27.7. The van der Waals surface area contributed by atoms with E-state index in [-0.39, 0.29) is 58.1 Å². The van der Waals surface area contributed by atoms with Gasteiger partial charge >= 0.3 is 6.03 Å². The van der Waals surface area contributed by atoms with E-state index in [0.717, 1.165) is 28.9 Å². The second kappa shape index (κ2) is 11.3. The van der Waals surface area contributed by atoms with Gasteiger partial charge in [-0.15, -0.1) is 0 Å². The lowest BCUT2D eigenvalue weighted by atomic mass is 10.2. The van der Waals surface area contributed by atoms with E-state index in [0.29, 0.717) is 0 Å². The normalized spacial score (nSPS) is 13.0. The zero-order valence-electron chi connectivity index (χ0n) is 21.3. The topological polar surface area (TPSA) is 139 Å². The number of hydrogen-bond donors (Lipinski definition) is 3. The lowest BCUT2D eigenvalue weighted by Crippen LogP contribution is -2.54. The van der Waals surface area contributed by atoms with Gasteiger partial charge in [-0.05, 0) is 48.9 Å². The Hall–Kier alpha value is -4.88. The van der Waals surface area contributed by atoms with Crippen molar-refractivity contribution in [3.05, 3.63) is 99.1 Å². The van der Waals surface area contributed by atoms with Crippen LogP contribution in [0.15, 0.2) is 65.6 Å². The molecule has 1 aliphatic heterocycles. The Balaban J connectivity index is 1.29. The third-order valence-corrected chi connectivity index (χ3v) is 6.18. The lowest BCUT2D eigenvalue weighted by Gasteiger charge is -2.35. The molecule has 0 spiro atoms. The molecule has 2 aromatic carbocycles. The lowest BCUT2D eigenvalue weighted by molar-refractivity contribution is 0.0308. The summed E-state index contributed by atoms with van der Waals surface area (Å²) in [5, 5.41) is 18.5. The number of β-amino-alcohol motifs (C(OH)–C–C–N with tert-alkyl or cyclic N) is 1. The number of aliphatic hydroxyl groups is 1. The summed E-state index contributed by atoms with van der Waals surface area (Å²) in [7, 11) is 0. The molecule has 210 valence electrons. The Morgan fingerprint density at radius 3 is 2.56 bits per heavy atom. The first-order chi connectivity index (χ1) is 19.5. The number of aromatic nitrogens is 3. The van der Waals surface area contributed by atoms with E-state index in [2.05, 4.69) is 20.7 Å². The van der Waals surface area contributed by atoms with Gasteiger partial charge in [0, 0.05) is 35.1 Å². The van der Waals surface area contributed by atoms with Crippen LogP contribution in [0.2, 0.25) is 5.02 Å². The van der Waals surface area contributed by atoms with Crippen LogP contribution in [0.25, 0.3) is 5.69 Å². The Morgan fingerprint density at radius 1 is 1.07 bits per heavy atom. The molecule has 1 aliphatic rings. The minimum Gasteiger partial charge on any atom is -0.454 e. The summed E-state index contributed by atoms with van der Waals surface area (Å²) >= 11 is 5.89. The number of carbonyl (C=O) groups is 2. The number of likely N-dealkylation sites (tertiary alicyclic amines) is 1. The van der Waals surface area contributed by atoms with E-state index in [1.165, 1.54) is 48.4 Å². The quantitative estimate of drug-likeness (QED) is 0.311. The molecule has 14 heteroatoms. The molecular formula is C27H21ClF2N6O5. The summed E-state index contributed by atoms with van der Waals surface area (Å²) in [5.41, 5.74) is -0.402. The molecule has 0 atom stereocenters. The molecule has 5 rings (SSSR count). The van der Waals surface area contributed by atoms with Crippen molar-refractivity contribution in [1.29, 1.82) is 0 Å². The second-order valence-corrected chi connectivity index (χ2v) is 9.56. The molecule has 0 aliphatic carbocycles. The van der Waals surface area contributed by atoms with Crippen molar-refractivity contribution >= 4 is 35.0 Å². The van der Waals surface area contributed by atoms with Gasteiger partial charge in [-0.2, -0.15) is 9.78 Å². The van der Waals surface area contributed by atoms with Crippen molar-refractivity contribution in [1.82, 2.24) is 19.7 Å². The van der Waals surface area contributed by atoms with Gasteiger partial charge in [-0.25, -0.2) is 18.6 Å². The van der Waals surface area contributed by atoms with Crippen molar-refractivity contribution in [2.24, 2.45) is 0 Å². The molecule has 3 N–H and O–H groups in total. The van der Waals surface area contributed by atoms with Crippen LogP contribution in [0.5, 0.6) is 11.5 Å². The number of urea groups is 1. The molecule has 11 nitrogen and oxygen atoms in total. The standard InChI is InChI=1S/C27H21ClF2N6O5/c1-14-6-24(38)36(18-8-15(28)7-16(29)9-18)34-25(14)26(39)32-17-2-3-22(21(30)10-17)41-20-4-5-31-23(11-20)33-27(40)35-12-19(37)13-35/h2-11,19,37H,12-13H2,1H3,(H,32,39)(H,31,33,40). The Kier molecular flexibility index (Phi) is 7.64. The molecule has 41 heavy (non-hydrogen) atoms. The van der Waals surface area contributed by atoms with E-state index in [1.54, 1.807) is 0 Å². The average molecular weight is 583 g/mol. The molecule has 1 saturated heterocycles. The SMILES string of the molecule is Cc1cc(=O)n(-c2cc(F)cc(Cl)c2)nc1C(=O)Nc1ccc(Oc2ccnc(NC(=O)N3CC(O)C3)c2)c(F)c1. The van der Waals surface area contributed by atoms with Crippen LogP contribution >= 0.6 is 11.6 Å². The number of carbonyl (C=O) groups excluding carboxylic acids is 2. The number of rotatable bonds is 6. The van der Waals surface area contributed by atoms with Crippen LogP contribution < -0.4 is 20.9 Å². The summed E-state index contributed by atoms with van der Waals surface area (Å²) in [4.78, 5) is 43.0. The predicted octanol–water partition coefficient (Wildman–Crippen LogP) is 4.12. The number of hydrogen-bond acceptors (Lipinski definition) is 7. The average Bonchev–Trinajstić information content (AvgIpc) is 2.88. The van der Waals surface area contributed by atoms with E-state index < -0.39 is 35.2 Å². The van der Waals surface area contributed by atoms with Crippen LogP contribution in [0.4, 0.5) is 25.1 Å². The third-order valence-electron chi connectivity index (χ3n) is 5.96. The molecule has 0 radical (unpaired) electrons. The van der Waals surface area contributed by atoms with Crippen molar-refractivity contribution in [3.8, 4) is 17.2 Å². The fourth-order valence-corrected chi connectivity index (χ4v) is 4.16. The van der Waals surface area contributed by atoms with Crippen molar-refractivity contribution < 1.29 is 28.2 Å². The Labute approximate surface area is 236 Å². The number of nitrogens with one attached hydrogen (secondary N) is 2. The van der Waals surface area contributed by atoms with Crippen LogP contribution in [-0.4, -0.2) is 55.9 Å². The zero-order valence-corrected chi connectivity index (χ0v) is 22.0. The van der Waals surface area contributed by atoms with E-state index in [9.17, 15) is 28.3 Å². The van der Waals surface area contributed by atoms with Crippen LogP contribution in [0.1, 0.15) is 16.1 Å². The number of pyridine rings is 1. The highest BCUT2D eigenvalue weighted by Gasteiger charge is 2.29. The maximum atomic E-state index is 14.9. The third kappa shape index (κ3) is 6.31. The highest BCUT2D eigenvalue weighted by atomic mass is 35.5. The number of aliphatic hydroxyl groups excluding tert-OH is 1. The molecule has 0 unspecified atom stereocenters. The van der Waals surface area contributed by atoms with Gasteiger partial charge in [0.05, 0.1) is 24.9 Å². The van der Waals surface area contributed by atoms with Gasteiger partial charge in [-0.3, -0.25) is 14.9 Å². The Bertz CT molecular complexity index is 1710. The number of nitrogens with zero attached hydrogens (tertiary/aromatic N) is 4. The first-order valence-corrected chi connectivity index (χ1v) is 12.5. The summed E-state index contributed by atoms with van der Waals surface area (Å²) in [6, 6.07) is 10.7. The molecule has 1 fully saturated rings.